The highest BCUT2D eigenvalue weighted by molar-refractivity contribution is 6.32. The molecule has 24 heavy (non-hydrogen) atoms. The third-order valence-corrected chi connectivity index (χ3v) is 5.70. The third kappa shape index (κ3) is 3.01. The van der Waals surface area contributed by atoms with E-state index in [1.54, 1.807) is 25.3 Å². The lowest BCUT2D eigenvalue weighted by Crippen LogP contribution is -2.63. The van der Waals surface area contributed by atoms with Crippen LogP contribution < -0.4 is 4.74 Å². The van der Waals surface area contributed by atoms with Crippen molar-refractivity contribution in [3.05, 3.63) is 28.8 Å². The van der Waals surface area contributed by atoms with Gasteiger partial charge in [-0.25, -0.2) is 0 Å². The predicted octanol–water partition coefficient (Wildman–Crippen LogP) is 2.28. The Kier molecular flexibility index (Phi) is 4.41. The Morgan fingerprint density at radius 3 is 2.83 bits per heavy atom. The van der Waals surface area contributed by atoms with Crippen LogP contribution in [0, 0.1) is 5.92 Å². The van der Waals surface area contributed by atoms with Gasteiger partial charge < -0.3 is 14.4 Å². The van der Waals surface area contributed by atoms with Crippen molar-refractivity contribution in [2.45, 2.75) is 24.9 Å². The maximum Gasteiger partial charge on any atom is 0.254 e. The summed E-state index contributed by atoms with van der Waals surface area (Å²) in [6.07, 6.45) is 2.65. The van der Waals surface area contributed by atoms with Crippen molar-refractivity contribution in [3.63, 3.8) is 0 Å². The molecule has 3 aliphatic rings. The van der Waals surface area contributed by atoms with Gasteiger partial charge in [0.15, 0.2) is 0 Å². The van der Waals surface area contributed by atoms with Crippen LogP contribution in [0.2, 0.25) is 5.02 Å². The summed E-state index contributed by atoms with van der Waals surface area (Å²) in [5, 5.41) is 0.469. The van der Waals surface area contributed by atoms with E-state index in [0.29, 0.717) is 28.4 Å². The highest BCUT2D eigenvalue weighted by Gasteiger charge is 2.43. The van der Waals surface area contributed by atoms with Crippen LogP contribution >= 0.6 is 11.6 Å². The Labute approximate surface area is 147 Å². The molecule has 0 unspecified atom stereocenters. The third-order valence-electron chi connectivity index (χ3n) is 5.41. The van der Waals surface area contributed by atoms with Gasteiger partial charge in [0.05, 0.1) is 31.4 Å². The quantitative estimate of drug-likeness (QED) is 0.838. The van der Waals surface area contributed by atoms with Crippen LogP contribution in [0.3, 0.4) is 0 Å². The number of carbonyl (C=O) groups excluding carboxylic acids is 1. The van der Waals surface area contributed by atoms with Crippen molar-refractivity contribution in [2.75, 3.05) is 40.0 Å². The Morgan fingerprint density at radius 1 is 1.29 bits per heavy atom. The number of piperazine rings is 1. The molecular formula is C18H23ClN2O3. The molecule has 4 rings (SSSR count). The highest BCUT2D eigenvalue weighted by atomic mass is 35.5. The molecule has 6 heteroatoms. The van der Waals surface area contributed by atoms with Crippen molar-refractivity contribution in [1.82, 2.24) is 9.80 Å². The van der Waals surface area contributed by atoms with Gasteiger partial charge in [-0.2, -0.15) is 0 Å². The summed E-state index contributed by atoms with van der Waals surface area (Å²) >= 11 is 6.16. The maximum atomic E-state index is 12.8. The first-order valence-corrected chi connectivity index (χ1v) is 9.01. The zero-order valence-corrected chi connectivity index (χ0v) is 14.7. The molecule has 0 N–H and O–H groups in total. The number of ether oxygens (including phenoxy) is 2. The van der Waals surface area contributed by atoms with E-state index >= 15 is 0 Å². The first-order valence-electron chi connectivity index (χ1n) is 8.63. The van der Waals surface area contributed by atoms with Gasteiger partial charge in [-0.15, -0.1) is 0 Å². The first kappa shape index (κ1) is 16.2. The van der Waals surface area contributed by atoms with E-state index in [1.165, 1.54) is 12.8 Å². The van der Waals surface area contributed by atoms with Gasteiger partial charge >= 0.3 is 0 Å². The number of rotatable bonds is 3. The predicted molar refractivity (Wildman–Crippen MR) is 91.7 cm³/mol. The molecule has 2 atom stereocenters. The number of amides is 1. The summed E-state index contributed by atoms with van der Waals surface area (Å²) in [6, 6.07) is 6.09. The molecule has 0 spiro atoms. The number of fused-ring (bicyclic) bond motifs is 1. The Hall–Kier alpha value is -1.30. The van der Waals surface area contributed by atoms with Gasteiger partial charge in [0.1, 0.15) is 5.75 Å². The molecule has 0 aromatic heterocycles. The lowest BCUT2D eigenvalue weighted by atomic mass is 10.0. The monoisotopic (exact) mass is 350 g/mol. The van der Waals surface area contributed by atoms with E-state index in [9.17, 15) is 4.79 Å². The molecule has 0 radical (unpaired) electrons. The van der Waals surface area contributed by atoms with Gasteiger partial charge in [0.2, 0.25) is 0 Å². The zero-order chi connectivity index (χ0) is 16.7. The zero-order valence-electron chi connectivity index (χ0n) is 13.9. The first-order chi connectivity index (χ1) is 11.7. The van der Waals surface area contributed by atoms with E-state index < -0.39 is 0 Å². The lowest BCUT2D eigenvalue weighted by Gasteiger charge is -2.48. The van der Waals surface area contributed by atoms with Crippen molar-refractivity contribution in [1.29, 1.82) is 0 Å². The smallest absolute Gasteiger partial charge is 0.254 e. The van der Waals surface area contributed by atoms with Crippen LogP contribution in [0.1, 0.15) is 23.2 Å². The number of morpholine rings is 1. The average molecular weight is 351 g/mol. The van der Waals surface area contributed by atoms with E-state index in [0.717, 1.165) is 38.8 Å². The van der Waals surface area contributed by atoms with Gasteiger partial charge in [-0.05, 0) is 37.0 Å². The van der Waals surface area contributed by atoms with Crippen molar-refractivity contribution >= 4 is 17.5 Å². The fraction of sp³-hybridized carbons (Fsp3) is 0.611. The molecule has 2 aliphatic heterocycles. The maximum absolute atomic E-state index is 12.8. The molecule has 130 valence electrons. The molecular weight excluding hydrogens is 328 g/mol. The van der Waals surface area contributed by atoms with Gasteiger partial charge in [0.25, 0.3) is 5.91 Å². The topological polar surface area (TPSA) is 42.0 Å². The minimum Gasteiger partial charge on any atom is -0.495 e. The number of nitrogens with zero attached hydrogens (tertiary/aromatic N) is 2. The molecule has 1 aromatic carbocycles. The van der Waals surface area contributed by atoms with Crippen LogP contribution in [-0.2, 0) is 4.74 Å². The molecule has 2 saturated heterocycles. The Morgan fingerprint density at radius 2 is 2.12 bits per heavy atom. The largest absolute Gasteiger partial charge is 0.495 e. The summed E-state index contributed by atoms with van der Waals surface area (Å²) < 4.78 is 11.0. The normalized spacial score (nSPS) is 27.7. The van der Waals surface area contributed by atoms with Crippen LogP contribution in [-0.4, -0.2) is 67.7 Å². The summed E-state index contributed by atoms with van der Waals surface area (Å²) in [7, 11) is 1.57. The number of methoxy groups -OCH3 is 1. The van der Waals surface area contributed by atoms with Crippen LogP contribution in [0.4, 0.5) is 0 Å². The number of halogens is 1. The molecule has 2 heterocycles. The van der Waals surface area contributed by atoms with E-state index in [4.69, 9.17) is 21.1 Å². The van der Waals surface area contributed by atoms with Crippen LogP contribution in [0.5, 0.6) is 5.75 Å². The van der Waals surface area contributed by atoms with Crippen LogP contribution in [0.15, 0.2) is 18.2 Å². The number of benzene rings is 1. The number of carbonyl (C=O) groups is 1. The highest BCUT2D eigenvalue weighted by Crippen LogP contribution is 2.38. The van der Waals surface area contributed by atoms with Gasteiger partial charge in [0, 0.05) is 31.2 Å². The van der Waals surface area contributed by atoms with Gasteiger partial charge in [-0.1, -0.05) is 11.6 Å². The Balaban J connectivity index is 1.46. The molecule has 1 amide bonds. The van der Waals surface area contributed by atoms with Crippen molar-refractivity contribution in [2.24, 2.45) is 5.92 Å². The molecule has 5 nitrogen and oxygen atoms in total. The SMILES string of the molecule is COc1ccc(C(=O)N2CCN3[C@@H](COC[C@@H]3C3CC3)C2)cc1Cl. The summed E-state index contributed by atoms with van der Waals surface area (Å²) in [5.74, 6) is 1.43. The lowest BCUT2D eigenvalue weighted by molar-refractivity contribution is -0.0816. The minimum atomic E-state index is 0.0350. The fourth-order valence-electron chi connectivity index (χ4n) is 3.93. The van der Waals surface area contributed by atoms with Crippen molar-refractivity contribution < 1.29 is 14.3 Å². The molecule has 1 aliphatic carbocycles. The van der Waals surface area contributed by atoms with Crippen molar-refractivity contribution in [3.8, 4) is 5.75 Å². The van der Waals surface area contributed by atoms with E-state index in [-0.39, 0.29) is 5.91 Å². The molecule has 3 fully saturated rings. The standard InChI is InChI=1S/C18H23ClN2O3/c1-23-17-5-4-13(8-15(17)19)18(22)20-6-7-21-14(9-20)10-24-11-16(21)12-2-3-12/h4-5,8,12,14,16H,2-3,6-7,9-11H2,1H3/t14-,16-/m1/s1. The number of hydrogen-bond donors (Lipinski definition) is 0. The molecule has 0 bridgehead atoms. The van der Waals surface area contributed by atoms with Crippen LogP contribution in [0.25, 0.3) is 0 Å². The fourth-order valence-corrected chi connectivity index (χ4v) is 4.19. The second-order valence-corrected chi connectivity index (χ2v) is 7.34. The minimum absolute atomic E-state index is 0.0350. The second kappa shape index (κ2) is 6.54. The second-order valence-electron chi connectivity index (χ2n) is 6.93. The van der Waals surface area contributed by atoms with E-state index in [2.05, 4.69) is 4.90 Å². The number of hydrogen-bond acceptors (Lipinski definition) is 4. The summed E-state index contributed by atoms with van der Waals surface area (Å²) in [6.45, 7) is 4.00. The molecule has 1 saturated carbocycles. The summed E-state index contributed by atoms with van der Waals surface area (Å²) in [4.78, 5) is 17.3. The molecule has 1 aromatic rings. The summed E-state index contributed by atoms with van der Waals surface area (Å²) in [5.41, 5.74) is 0.615. The Bertz CT molecular complexity index is 635. The van der Waals surface area contributed by atoms with Gasteiger partial charge in [-0.3, -0.25) is 9.69 Å². The van der Waals surface area contributed by atoms with E-state index in [1.807, 2.05) is 4.90 Å². The average Bonchev–Trinajstić information content (AvgIpc) is 3.45.